The second-order valence-electron chi connectivity index (χ2n) is 8.79. The smallest absolute Gasteiger partial charge is 0.407 e. The molecular formula is C32H29NO3. The summed E-state index contributed by atoms with van der Waals surface area (Å²) in [5, 5.41) is 2.85. The van der Waals surface area contributed by atoms with Crippen LogP contribution in [0.15, 0.2) is 109 Å². The highest BCUT2D eigenvalue weighted by molar-refractivity contribution is 5.79. The van der Waals surface area contributed by atoms with Crippen molar-refractivity contribution >= 4 is 12.2 Å². The number of benzene rings is 4. The molecule has 0 saturated carbocycles. The monoisotopic (exact) mass is 475 g/mol. The zero-order valence-corrected chi connectivity index (χ0v) is 20.1. The van der Waals surface area contributed by atoms with Crippen molar-refractivity contribution in [2.45, 2.75) is 18.9 Å². The van der Waals surface area contributed by atoms with Gasteiger partial charge in [-0.15, -0.1) is 0 Å². The maximum absolute atomic E-state index is 12.3. The molecule has 0 spiro atoms. The summed E-state index contributed by atoms with van der Waals surface area (Å²) in [5.41, 5.74) is 7.11. The van der Waals surface area contributed by atoms with Gasteiger partial charge < -0.3 is 14.8 Å². The van der Waals surface area contributed by atoms with E-state index in [1.54, 1.807) is 0 Å². The minimum atomic E-state index is -0.384. The summed E-state index contributed by atoms with van der Waals surface area (Å²) in [6.07, 6.45) is 4.42. The third kappa shape index (κ3) is 5.66. The first kappa shape index (κ1) is 23.4. The highest BCUT2D eigenvalue weighted by Crippen LogP contribution is 2.44. The number of amides is 1. The first-order valence-electron chi connectivity index (χ1n) is 12.3. The molecule has 0 fully saturated rings. The Morgan fingerprint density at radius 2 is 1.42 bits per heavy atom. The molecule has 180 valence electrons. The number of rotatable bonds is 9. The van der Waals surface area contributed by atoms with Crippen LogP contribution in [0.5, 0.6) is 5.75 Å². The minimum absolute atomic E-state index is 0.0719. The predicted molar refractivity (Wildman–Crippen MR) is 144 cm³/mol. The fraction of sp³-hybridized carbons (Fsp3) is 0.156. The highest BCUT2D eigenvalue weighted by atomic mass is 16.5. The van der Waals surface area contributed by atoms with Crippen LogP contribution in [0.1, 0.15) is 34.6 Å². The first-order chi connectivity index (χ1) is 17.8. The number of ether oxygens (including phenoxy) is 2. The third-order valence-electron chi connectivity index (χ3n) is 6.36. The van der Waals surface area contributed by atoms with Gasteiger partial charge in [-0.2, -0.15) is 0 Å². The van der Waals surface area contributed by atoms with Crippen molar-refractivity contribution in [3.63, 3.8) is 0 Å². The average Bonchev–Trinajstić information content (AvgIpc) is 3.25. The molecule has 0 radical (unpaired) electrons. The van der Waals surface area contributed by atoms with Crippen molar-refractivity contribution in [3.8, 4) is 16.9 Å². The Labute approximate surface area is 212 Å². The number of carbonyl (C=O) groups is 1. The molecule has 1 aliphatic rings. The summed E-state index contributed by atoms with van der Waals surface area (Å²) in [6, 6.07) is 34.8. The molecule has 0 atom stereocenters. The Balaban J connectivity index is 1.04. The van der Waals surface area contributed by atoms with Gasteiger partial charge in [-0.05, 0) is 51.9 Å². The van der Waals surface area contributed by atoms with Crippen LogP contribution in [0.3, 0.4) is 0 Å². The van der Waals surface area contributed by atoms with E-state index in [0.717, 1.165) is 23.3 Å². The van der Waals surface area contributed by atoms with Gasteiger partial charge in [0.25, 0.3) is 0 Å². The van der Waals surface area contributed by atoms with Crippen LogP contribution in [0.25, 0.3) is 17.2 Å². The van der Waals surface area contributed by atoms with Crippen molar-refractivity contribution in [1.29, 1.82) is 0 Å². The standard InChI is InChI=1S/C32H29NO3/c34-32(36-23-31-29-15-6-4-13-27(29)28-14-5-7-16-30(28)31)33-21-9-8-10-24-17-19-26(20-18-24)35-22-25-11-2-1-3-12-25/h1-8,10-20,31H,9,21-23H2,(H,33,34). The highest BCUT2D eigenvalue weighted by Gasteiger charge is 2.28. The molecule has 1 N–H and O–H groups in total. The number of hydrogen-bond donors (Lipinski definition) is 1. The molecule has 4 heteroatoms. The normalized spacial score (nSPS) is 12.2. The molecule has 4 aromatic rings. The van der Waals surface area contributed by atoms with Crippen molar-refractivity contribution in [2.24, 2.45) is 0 Å². The van der Waals surface area contributed by atoms with E-state index in [4.69, 9.17) is 9.47 Å². The largest absolute Gasteiger partial charge is 0.489 e. The van der Waals surface area contributed by atoms with Crippen molar-refractivity contribution in [1.82, 2.24) is 5.32 Å². The molecule has 0 heterocycles. The lowest BCUT2D eigenvalue weighted by molar-refractivity contribution is 0.143. The van der Waals surface area contributed by atoms with Crippen LogP contribution in [0.4, 0.5) is 4.79 Å². The van der Waals surface area contributed by atoms with Gasteiger partial charge in [-0.1, -0.05) is 103 Å². The van der Waals surface area contributed by atoms with E-state index < -0.39 is 0 Å². The number of hydrogen-bond acceptors (Lipinski definition) is 3. The molecule has 36 heavy (non-hydrogen) atoms. The minimum Gasteiger partial charge on any atom is -0.489 e. The summed E-state index contributed by atoms with van der Waals surface area (Å²) in [7, 11) is 0. The van der Waals surface area contributed by atoms with Crippen LogP contribution in [-0.4, -0.2) is 19.2 Å². The lowest BCUT2D eigenvalue weighted by atomic mass is 9.98. The Morgan fingerprint density at radius 3 is 2.11 bits per heavy atom. The van der Waals surface area contributed by atoms with Crippen LogP contribution >= 0.6 is 0 Å². The molecule has 0 aromatic heterocycles. The number of nitrogens with one attached hydrogen (secondary N) is 1. The van der Waals surface area contributed by atoms with E-state index in [0.29, 0.717) is 19.8 Å². The van der Waals surface area contributed by atoms with Crippen molar-refractivity contribution in [2.75, 3.05) is 13.2 Å². The summed E-state index contributed by atoms with van der Waals surface area (Å²) in [4.78, 5) is 12.3. The van der Waals surface area contributed by atoms with Gasteiger partial charge in [0.15, 0.2) is 0 Å². The Kier molecular flexibility index (Phi) is 7.43. The topological polar surface area (TPSA) is 47.6 Å². The van der Waals surface area contributed by atoms with Crippen molar-refractivity contribution < 1.29 is 14.3 Å². The second-order valence-corrected chi connectivity index (χ2v) is 8.79. The van der Waals surface area contributed by atoms with E-state index in [1.807, 2.05) is 91.0 Å². The molecule has 1 aliphatic carbocycles. The fourth-order valence-electron chi connectivity index (χ4n) is 4.54. The molecule has 0 saturated heterocycles. The maximum Gasteiger partial charge on any atom is 0.407 e. The zero-order valence-electron chi connectivity index (χ0n) is 20.1. The van der Waals surface area contributed by atoms with Crippen LogP contribution in [0.2, 0.25) is 0 Å². The Hall–Kier alpha value is -4.31. The Morgan fingerprint density at radius 1 is 0.778 bits per heavy atom. The van der Waals surface area contributed by atoms with Gasteiger partial charge in [0.1, 0.15) is 19.0 Å². The van der Waals surface area contributed by atoms with Gasteiger partial charge >= 0.3 is 6.09 Å². The van der Waals surface area contributed by atoms with E-state index >= 15 is 0 Å². The molecule has 4 nitrogen and oxygen atoms in total. The van der Waals surface area contributed by atoms with Gasteiger partial charge in [-0.3, -0.25) is 0 Å². The third-order valence-corrected chi connectivity index (χ3v) is 6.36. The summed E-state index contributed by atoms with van der Waals surface area (Å²) >= 11 is 0. The lowest BCUT2D eigenvalue weighted by Gasteiger charge is -2.14. The van der Waals surface area contributed by atoms with Gasteiger partial charge in [0, 0.05) is 12.5 Å². The lowest BCUT2D eigenvalue weighted by Crippen LogP contribution is -2.26. The maximum atomic E-state index is 12.3. The van der Waals surface area contributed by atoms with Crippen LogP contribution < -0.4 is 10.1 Å². The van der Waals surface area contributed by atoms with E-state index in [9.17, 15) is 4.79 Å². The van der Waals surface area contributed by atoms with Gasteiger partial charge in [-0.25, -0.2) is 4.79 Å². The van der Waals surface area contributed by atoms with Crippen LogP contribution in [-0.2, 0) is 11.3 Å². The molecule has 0 aliphatic heterocycles. The molecular weight excluding hydrogens is 446 g/mol. The SMILES string of the molecule is O=C(NCCC=Cc1ccc(OCc2ccccc2)cc1)OCC1c2ccccc2-c2ccccc21. The van der Waals surface area contributed by atoms with Crippen molar-refractivity contribution in [3.05, 3.63) is 131 Å². The van der Waals surface area contributed by atoms with E-state index in [-0.39, 0.29) is 12.0 Å². The van der Waals surface area contributed by atoms with E-state index in [1.165, 1.54) is 22.3 Å². The van der Waals surface area contributed by atoms with E-state index in [2.05, 4.69) is 29.6 Å². The number of carbonyl (C=O) groups excluding carboxylic acids is 1. The van der Waals surface area contributed by atoms with Crippen LogP contribution in [0, 0.1) is 0 Å². The Bertz CT molecular complexity index is 1280. The van der Waals surface area contributed by atoms with Gasteiger partial charge in [0.2, 0.25) is 0 Å². The number of alkyl carbamates (subject to hydrolysis) is 1. The molecule has 5 rings (SSSR count). The summed E-state index contributed by atoms with van der Waals surface area (Å²) < 4.78 is 11.4. The average molecular weight is 476 g/mol. The summed E-state index contributed by atoms with van der Waals surface area (Å²) in [6.45, 7) is 1.40. The second kappa shape index (κ2) is 11.4. The first-order valence-corrected chi connectivity index (χ1v) is 12.3. The molecule has 0 bridgehead atoms. The fourth-order valence-corrected chi connectivity index (χ4v) is 4.54. The zero-order chi connectivity index (χ0) is 24.6. The quantitative estimate of drug-likeness (QED) is 0.260. The number of fused-ring (bicyclic) bond motifs is 3. The molecule has 0 unspecified atom stereocenters. The summed E-state index contributed by atoms with van der Waals surface area (Å²) in [5.74, 6) is 0.913. The predicted octanol–water partition coefficient (Wildman–Crippen LogP) is 7.21. The van der Waals surface area contributed by atoms with Gasteiger partial charge in [0.05, 0.1) is 0 Å². The molecule has 4 aromatic carbocycles. The molecule has 1 amide bonds.